The second kappa shape index (κ2) is 39.9. The van der Waals surface area contributed by atoms with E-state index in [0.29, 0.717) is 58.2 Å². The number of carbonyl (C=O) groups excluding carboxylic acids is 3. The first kappa shape index (κ1) is 54.8. The summed E-state index contributed by atoms with van der Waals surface area (Å²) in [5.41, 5.74) is 0. The standard InChI is InChI=1S/C50H91NO8/c1-6-9-12-15-18-19-20-21-22-23-24-25-26-27-30-34-47(52)57-44-41-45(58-48(53)35-33-38-51(4)5)43-46(42-44)59-49(54)36-37-50(55-39-31-28-16-13-10-7-2)56-40-32-29-17-14-11-8-3/h18-19,21-22,44-46,50H,6-17,20,23-43H2,1-5H3/b19-18-,22-21-. The van der Waals surface area contributed by atoms with Gasteiger partial charge in [-0.25, -0.2) is 0 Å². The third-order valence-corrected chi connectivity index (χ3v) is 11.0. The third kappa shape index (κ3) is 35.1. The second-order valence-electron chi connectivity index (χ2n) is 17.2. The van der Waals surface area contributed by atoms with Gasteiger partial charge in [-0.2, -0.15) is 0 Å². The van der Waals surface area contributed by atoms with Crippen LogP contribution >= 0.6 is 0 Å². The Kier molecular flexibility index (Phi) is 37.0. The number of unbranched alkanes of at least 4 members (excludes halogenated alkanes) is 18. The molecule has 9 nitrogen and oxygen atoms in total. The number of ether oxygens (including phenoxy) is 5. The van der Waals surface area contributed by atoms with Crippen molar-refractivity contribution in [1.82, 2.24) is 4.90 Å². The minimum Gasteiger partial charge on any atom is -0.462 e. The number of hydrogen-bond donors (Lipinski definition) is 0. The summed E-state index contributed by atoms with van der Waals surface area (Å²) in [4.78, 5) is 41.0. The fourth-order valence-electron chi connectivity index (χ4n) is 7.46. The van der Waals surface area contributed by atoms with Crippen LogP contribution in [0.15, 0.2) is 24.3 Å². The lowest BCUT2D eigenvalue weighted by molar-refractivity contribution is -0.173. The van der Waals surface area contributed by atoms with Gasteiger partial charge in [0, 0.05) is 51.7 Å². The quantitative estimate of drug-likeness (QED) is 0.0196. The van der Waals surface area contributed by atoms with Crippen LogP contribution < -0.4 is 0 Å². The van der Waals surface area contributed by atoms with Gasteiger partial charge >= 0.3 is 17.9 Å². The fourth-order valence-corrected chi connectivity index (χ4v) is 7.46. The maximum atomic E-state index is 13.2. The highest BCUT2D eigenvalue weighted by atomic mass is 16.7. The normalized spacial score (nSPS) is 17.1. The minimum absolute atomic E-state index is 0.167. The molecular weight excluding hydrogens is 743 g/mol. The monoisotopic (exact) mass is 834 g/mol. The summed E-state index contributed by atoms with van der Waals surface area (Å²) in [6.45, 7) is 8.72. The highest BCUT2D eigenvalue weighted by molar-refractivity contribution is 5.70. The highest BCUT2D eigenvalue weighted by Gasteiger charge is 2.35. The molecule has 0 aliphatic heterocycles. The van der Waals surface area contributed by atoms with E-state index in [-0.39, 0.29) is 24.3 Å². The van der Waals surface area contributed by atoms with Gasteiger partial charge in [-0.15, -0.1) is 0 Å². The van der Waals surface area contributed by atoms with Crippen LogP contribution in [0.3, 0.4) is 0 Å². The van der Waals surface area contributed by atoms with Gasteiger partial charge < -0.3 is 28.6 Å². The van der Waals surface area contributed by atoms with Crippen molar-refractivity contribution in [2.75, 3.05) is 33.9 Å². The Hall–Kier alpha value is -2.23. The lowest BCUT2D eigenvalue weighted by atomic mass is 9.92. The average Bonchev–Trinajstić information content (AvgIpc) is 3.20. The molecule has 0 aromatic carbocycles. The zero-order valence-electron chi connectivity index (χ0n) is 38.9. The van der Waals surface area contributed by atoms with Crippen molar-refractivity contribution < 1.29 is 38.1 Å². The van der Waals surface area contributed by atoms with Gasteiger partial charge in [0.15, 0.2) is 6.29 Å². The van der Waals surface area contributed by atoms with E-state index in [0.717, 1.165) is 77.2 Å². The van der Waals surface area contributed by atoms with Crippen LogP contribution in [0.25, 0.3) is 0 Å². The van der Waals surface area contributed by atoms with E-state index in [1.165, 1.54) is 77.0 Å². The summed E-state index contributed by atoms with van der Waals surface area (Å²) in [5, 5.41) is 0. The van der Waals surface area contributed by atoms with Crippen LogP contribution in [-0.4, -0.2) is 81.3 Å². The third-order valence-electron chi connectivity index (χ3n) is 11.0. The van der Waals surface area contributed by atoms with Crippen LogP contribution in [0.1, 0.15) is 220 Å². The van der Waals surface area contributed by atoms with Crippen LogP contribution in [0.5, 0.6) is 0 Å². The Morgan fingerprint density at radius 2 is 0.881 bits per heavy atom. The number of allylic oxidation sites excluding steroid dienone is 4. The van der Waals surface area contributed by atoms with Crippen molar-refractivity contribution in [3.05, 3.63) is 24.3 Å². The molecule has 1 aliphatic carbocycles. The van der Waals surface area contributed by atoms with E-state index in [4.69, 9.17) is 23.7 Å². The smallest absolute Gasteiger partial charge is 0.306 e. The van der Waals surface area contributed by atoms with Crippen LogP contribution in [-0.2, 0) is 38.1 Å². The highest BCUT2D eigenvalue weighted by Crippen LogP contribution is 2.28. The molecule has 0 bridgehead atoms. The molecule has 59 heavy (non-hydrogen) atoms. The maximum absolute atomic E-state index is 13.2. The molecule has 1 saturated carbocycles. The fraction of sp³-hybridized carbons (Fsp3) is 0.860. The summed E-state index contributed by atoms with van der Waals surface area (Å²) in [5.74, 6) is -0.844. The van der Waals surface area contributed by atoms with Crippen molar-refractivity contribution in [2.24, 2.45) is 0 Å². The van der Waals surface area contributed by atoms with E-state index in [2.05, 4.69) is 45.1 Å². The van der Waals surface area contributed by atoms with Gasteiger partial charge in [-0.1, -0.05) is 141 Å². The Balaban J connectivity index is 2.60. The van der Waals surface area contributed by atoms with Crippen molar-refractivity contribution in [3.8, 4) is 0 Å². The van der Waals surface area contributed by atoms with E-state index in [9.17, 15) is 14.4 Å². The molecule has 0 aromatic heterocycles. The number of carbonyl (C=O) groups is 3. The van der Waals surface area contributed by atoms with Gasteiger partial charge in [0.1, 0.15) is 18.3 Å². The van der Waals surface area contributed by atoms with Gasteiger partial charge in [-0.05, 0) is 78.4 Å². The van der Waals surface area contributed by atoms with Crippen molar-refractivity contribution >= 4 is 17.9 Å². The van der Waals surface area contributed by atoms with Gasteiger partial charge in [-0.3, -0.25) is 14.4 Å². The predicted octanol–water partition coefficient (Wildman–Crippen LogP) is 12.9. The molecule has 0 saturated heterocycles. The van der Waals surface area contributed by atoms with Gasteiger partial charge in [0.25, 0.3) is 0 Å². The molecule has 0 radical (unpaired) electrons. The van der Waals surface area contributed by atoms with Gasteiger partial charge in [0.05, 0.1) is 6.42 Å². The summed E-state index contributed by atoms with van der Waals surface area (Å²) in [7, 11) is 3.95. The Morgan fingerprint density at radius 1 is 0.492 bits per heavy atom. The van der Waals surface area contributed by atoms with E-state index in [1.54, 1.807) is 0 Å². The topological polar surface area (TPSA) is 101 Å². The largest absolute Gasteiger partial charge is 0.462 e. The molecular formula is C50H91NO8. The van der Waals surface area contributed by atoms with E-state index < -0.39 is 24.6 Å². The predicted molar refractivity (Wildman–Crippen MR) is 242 cm³/mol. The Morgan fingerprint density at radius 3 is 1.37 bits per heavy atom. The lowest BCUT2D eigenvalue weighted by Crippen LogP contribution is -2.40. The average molecular weight is 834 g/mol. The minimum atomic E-state index is -0.504. The maximum Gasteiger partial charge on any atom is 0.306 e. The number of esters is 3. The van der Waals surface area contributed by atoms with Crippen molar-refractivity contribution in [3.63, 3.8) is 0 Å². The lowest BCUT2D eigenvalue weighted by Gasteiger charge is -2.34. The first-order chi connectivity index (χ1) is 28.8. The van der Waals surface area contributed by atoms with Crippen molar-refractivity contribution in [2.45, 2.75) is 244 Å². The Bertz CT molecular complexity index is 1040. The zero-order valence-corrected chi connectivity index (χ0v) is 38.9. The number of hydrogen-bond acceptors (Lipinski definition) is 9. The van der Waals surface area contributed by atoms with E-state index >= 15 is 0 Å². The molecule has 3 unspecified atom stereocenters. The van der Waals surface area contributed by atoms with Crippen LogP contribution in [0.4, 0.5) is 0 Å². The zero-order chi connectivity index (χ0) is 43.0. The first-order valence-electron chi connectivity index (χ1n) is 24.5. The second-order valence-corrected chi connectivity index (χ2v) is 17.2. The SMILES string of the molecule is CCCCC/C=C\C/C=C\CCCCCCCC(=O)OC1CC(OC(=O)CCCN(C)C)CC(OC(=O)CCC(OCCCCCCCC)OCCCCCCCC)C1. The molecule has 1 aliphatic rings. The number of nitrogens with zero attached hydrogens (tertiary/aromatic N) is 1. The molecule has 0 spiro atoms. The van der Waals surface area contributed by atoms with Crippen LogP contribution in [0.2, 0.25) is 0 Å². The summed E-state index contributed by atoms with van der Waals surface area (Å²) >= 11 is 0. The molecule has 0 heterocycles. The molecule has 3 atom stereocenters. The summed E-state index contributed by atoms with van der Waals surface area (Å²) in [6, 6.07) is 0. The van der Waals surface area contributed by atoms with Crippen LogP contribution in [0, 0.1) is 0 Å². The van der Waals surface area contributed by atoms with Gasteiger partial charge in [0.2, 0.25) is 0 Å². The molecule has 344 valence electrons. The molecule has 0 amide bonds. The van der Waals surface area contributed by atoms with Crippen molar-refractivity contribution in [1.29, 1.82) is 0 Å². The summed E-state index contributed by atoms with van der Waals surface area (Å²) in [6.07, 6.45) is 37.0. The first-order valence-corrected chi connectivity index (χ1v) is 24.5. The molecule has 1 fully saturated rings. The Labute approximate surface area is 362 Å². The number of rotatable bonds is 40. The molecule has 0 N–H and O–H groups in total. The van der Waals surface area contributed by atoms with E-state index in [1.807, 2.05) is 19.0 Å². The molecule has 9 heteroatoms. The molecule has 0 aromatic rings. The summed E-state index contributed by atoms with van der Waals surface area (Å²) < 4.78 is 30.1. The molecule has 1 rings (SSSR count).